The van der Waals surface area contributed by atoms with Crippen LogP contribution in [0.25, 0.3) is 21.6 Å². The maximum atomic E-state index is 13.6. The van der Waals surface area contributed by atoms with Crippen molar-refractivity contribution in [3.63, 3.8) is 0 Å². The Labute approximate surface area is 102 Å². The van der Waals surface area contributed by atoms with E-state index in [4.69, 9.17) is 5.53 Å². The highest BCUT2D eigenvalue weighted by Crippen LogP contribution is 2.24. The third-order valence-corrected chi connectivity index (χ3v) is 2.46. The minimum Gasteiger partial charge on any atom is -0.207 e. The van der Waals surface area contributed by atoms with Crippen LogP contribution in [-0.4, -0.2) is 0 Å². The van der Waals surface area contributed by atoms with Gasteiger partial charge >= 0.3 is 0 Å². The summed E-state index contributed by atoms with van der Waals surface area (Å²) >= 11 is 0. The highest BCUT2D eigenvalue weighted by atomic mass is 19.1. The molecule has 0 aliphatic heterocycles. The van der Waals surface area contributed by atoms with Gasteiger partial charge in [-0.15, -0.1) is 0 Å². The Kier molecular flexibility index (Phi) is 3.55. The maximum Gasteiger partial charge on any atom is 0.131 e. The second-order valence-electron chi connectivity index (χ2n) is 3.72. The molecule has 0 N–H and O–H groups in total. The lowest BCUT2D eigenvalue weighted by molar-refractivity contribution is 0.623. The zero-order valence-electron chi connectivity index (χ0n) is 9.35. The zero-order chi connectivity index (χ0) is 13.0. The average molecular weight is 245 g/mol. The minimum atomic E-state index is -0.487. The molecule has 0 heterocycles. The molecule has 0 aromatic heterocycles. The van der Waals surface area contributed by atoms with E-state index in [-0.39, 0.29) is 6.54 Å². The summed E-state index contributed by atoms with van der Waals surface area (Å²) in [6, 6.07) is 10.2. The normalized spacial score (nSPS) is 9.89. The van der Waals surface area contributed by atoms with Gasteiger partial charge in [-0.05, 0) is 34.9 Å². The predicted octanol–water partition coefficient (Wildman–Crippen LogP) is 4.44. The summed E-state index contributed by atoms with van der Waals surface area (Å²) < 4.78 is 27.0. The fourth-order valence-corrected chi connectivity index (χ4v) is 1.71. The van der Waals surface area contributed by atoms with Gasteiger partial charge in [-0.25, -0.2) is 8.78 Å². The topological polar surface area (TPSA) is 48.8 Å². The van der Waals surface area contributed by atoms with Crippen molar-refractivity contribution >= 4 is 0 Å². The first-order chi connectivity index (χ1) is 8.70. The molecule has 0 aliphatic carbocycles. The summed E-state index contributed by atoms with van der Waals surface area (Å²) in [5, 5.41) is 3.36. The van der Waals surface area contributed by atoms with Crippen LogP contribution in [0.4, 0.5) is 8.78 Å². The zero-order valence-corrected chi connectivity index (χ0v) is 9.35. The van der Waals surface area contributed by atoms with Gasteiger partial charge in [0, 0.05) is 10.5 Å². The Morgan fingerprint density at radius 1 is 1.11 bits per heavy atom. The lowest BCUT2D eigenvalue weighted by Crippen LogP contribution is -1.89. The quantitative estimate of drug-likeness (QED) is 0.436. The highest BCUT2D eigenvalue weighted by Gasteiger charge is 2.07. The van der Waals surface area contributed by atoms with E-state index >= 15 is 0 Å². The van der Waals surface area contributed by atoms with Crippen LogP contribution in [0.15, 0.2) is 47.6 Å². The molecule has 2 aromatic rings. The second kappa shape index (κ2) is 5.29. The molecule has 0 saturated heterocycles. The van der Waals surface area contributed by atoms with Gasteiger partial charge in [0.15, 0.2) is 0 Å². The minimum absolute atomic E-state index is 0.0374. The smallest absolute Gasteiger partial charge is 0.131 e. The fraction of sp³-hybridized carbons (Fsp3) is 0.0769. The van der Waals surface area contributed by atoms with Crippen LogP contribution < -0.4 is 0 Å². The lowest BCUT2D eigenvalue weighted by atomic mass is 10.0. The van der Waals surface area contributed by atoms with Crippen LogP contribution in [0.1, 0.15) is 5.56 Å². The molecule has 0 unspecified atom stereocenters. The molecule has 90 valence electrons. The number of benzene rings is 2. The molecular weight excluding hydrogens is 236 g/mol. The van der Waals surface area contributed by atoms with Crippen molar-refractivity contribution in [3.05, 3.63) is 70.1 Å². The summed E-state index contributed by atoms with van der Waals surface area (Å²) in [5.41, 5.74) is 9.48. The number of halogens is 2. The second-order valence-corrected chi connectivity index (χ2v) is 3.72. The molecular formula is C13H9F2N3. The Balaban J connectivity index is 2.48. The molecule has 0 fully saturated rings. The summed E-state index contributed by atoms with van der Waals surface area (Å²) in [6.45, 7) is 0.0374. The number of nitrogens with zero attached hydrogens (tertiary/aromatic N) is 3. The summed E-state index contributed by atoms with van der Waals surface area (Å²) in [6.07, 6.45) is 0. The predicted molar refractivity (Wildman–Crippen MR) is 64.6 cm³/mol. The van der Waals surface area contributed by atoms with Gasteiger partial charge in [-0.1, -0.05) is 29.4 Å². The SMILES string of the molecule is [N-]=[N+]=NCc1cc(F)cc(-c2ccccc2F)c1. The van der Waals surface area contributed by atoms with E-state index in [0.717, 1.165) is 0 Å². The van der Waals surface area contributed by atoms with E-state index in [1.165, 1.54) is 18.2 Å². The first-order valence-corrected chi connectivity index (χ1v) is 5.26. The molecule has 0 amide bonds. The Hall–Kier alpha value is -2.39. The van der Waals surface area contributed by atoms with Crippen LogP contribution in [0.3, 0.4) is 0 Å². The van der Waals surface area contributed by atoms with Crippen molar-refractivity contribution in [1.82, 2.24) is 0 Å². The van der Waals surface area contributed by atoms with Gasteiger partial charge < -0.3 is 0 Å². The van der Waals surface area contributed by atoms with Crippen molar-refractivity contribution in [2.75, 3.05) is 0 Å². The van der Waals surface area contributed by atoms with E-state index in [2.05, 4.69) is 10.0 Å². The summed E-state index contributed by atoms with van der Waals surface area (Å²) in [7, 11) is 0. The Morgan fingerprint density at radius 2 is 1.89 bits per heavy atom. The molecule has 0 atom stereocenters. The Morgan fingerprint density at radius 3 is 2.61 bits per heavy atom. The van der Waals surface area contributed by atoms with E-state index in [0.29, 0.717) is 16.7 Å². The largest absolute Gasteiger partial charge is 0.207 e. The van der Waals surface area contributed by atoms with Gasteiger partial charge in [-0.3, -0.25) is 0 Å². The molecule has 0 saturated carbocycles. The summed E-state index contributed by atoms with van der Waals surface area (Å²) in [5.74, 6) is -0.906. The van der Waals surface area contributed by atoms with Crippen molar-refractivity contribution < 1.29 is 8.78 Å². The summed E-state index contributed by atoms with van der Waals surface area (Å²) in [4.78, 5) is 2.61. The first-order valence-electron chi connectivity index (χ1n) is 5.26. The maximum absolute atomic E-state index is 13.6. The third-order valence-electron chi connectivity index (χ3n) is 2.46. The number of rotatable bonds is 3. The van der Waals surface area contributed by atoms with Crippen molar-refractivity contribution in [2.45, 2.75) is 6.54 Å². The fourth-order valence-electron chi connectivity index (χ4n) is 1.71. The van der Waals surface area contributed by atoms with E-state index in [1.54, 1.807) is 24.3 Å². The first kappa shape index (κ1) is 12.1. The van der Waals surface area contributed by atoms with Crippen LogP contribution >= 0.6 is 0 Å². The van der Waals surface area contributed by atoms with Gasteiger partial charge in [0.1, 0.15) is 11.6 Å². The van der Waals surface area contributed by atoms with Crippen molar-refractivity contribution in [1.29, 1.82) is 0 Å². The monoisotopic (exact) mass is 245 g/mol. The molecule has 3 nitrogen and oxygen atoms in total. The van der Waals surface area contributed by atoms with Crippen molar-refractivity contribution in [2.24, 2.45) is 5.11 Å². The molecule has 2 rings (SSSR count). The van der Waals surface area contributed by atoms with Gasteiger partial charge in [0.2, 0.25) is 0 Å². The van der Waals surface area contributed by atoms with Crippen LogP contribution in [-0.2, 0) is 6.54 Å². The third kappa shape index (κ3) is 2.64. The van der Waals surface area contributed by atoms with Crippen LogP contribution in [0, 0.1) is 11.6 Å². The van der Waals surface area contributed by atoms with Gasteiger partial charge in [0.25, 0.3) is 0 Å². The molecule has 0 bridgehead atoms. The number of hydrogen-bond acceptors (Lipinski definition) is 1. The van der Waals surface area contributed by atoms with Crippen LogP contribution in [0.5, 0.6) is 0 Å². The van der Waals surface area contributed by atoms with Gasteiger partial charge in [0.05, 0.1) is 6.54 Å². The van der Waals surface area contributed by atoms with Gasteiger partial charge in [-0.2, -0.15) is 0 Å². The Bertz CT molecular complexity index is 619. The van der Waals surface area contributed by atoms with E-state index in [1.807, 2.05) is 0 Å². The molecule has 0 radical (unpaired) electrons. The number of azide groups is 1. The molecule has 5 heteroatoms. The lowest BCUT2D eigenvalue weighted by Gasteiger charge is -2.06. The van der Waals surface area contributed by atoms with Crippen LogP contribution in [0.2, 0.25) is 0 Å². The number of hydrogen-bond donors (Lipinski definition) is 0. The van der Waals surface area contributed by atoms with Crippen molar-refractivity contribution in [3.8, 4) is 11.1 Å². The molecule has 0 aliphatic rings. The molecule has 18 heavy (non-hydrogen) atoms. The van der Waals surface area contributed by atoms with E-state index < -0.39 is 11.6 Å². The van der Waals surface area contributed by atoms with E-state index in [9.17, 15) is 8.78 Å². The molecule has 0 spiro atoms. The standard InChI is InChI=1S/C13H9F2N3/c14-11-6-9(8-17-18-16)5-10(7-11)12-3-1-2-4-13(12)15/h1-7H,8H2. The molecule has 2 aromatic carbocycles. The average Bonchev–Trinajstić information content (AvgIpc) is 2.36. The highest BCUT2D eigenvalue weighted by molar-refractivity contribution is 5.64.